The van der Waals surface area contributed by atoms with Crippen LogP contribution in [0.3, 0.4) is 0 Å². The average molecular weight is 314 g/mol. The number of ether oxygens (including phenoxy) is 2. The number of amides is 1. The SMILES string of the molecule is CCC(NC(=O)C#Cc1ccc2c(c1)OCO2)c1nccs1. The van der Waals surface area contributed by atoms with E-state index in [1.165, 1.54) is 11.3 Å². The van der Waals surface area contributed by atoms with E-state index in [4.69, 9.17) is 9.47 Å². The van der Waals surface area contributed by atoms with Gasteiger partial charge in [0.15, 0.2) is 11.5 Å². The second-order valence-corrected chi connectivity index (χ2v) is 5.55. The van der Waals surface area contributed by atoms with Gasteiger partial charge in [-0.3, -0.25) is 4.79 Å². The number of hydrogen-bond acceptors (Lipinski definition) is 5. The Morgan fingerprint density at radius 2 is 2.32 bits per heavy atom. The second-order valence-electron chi connectivity index (χ2n) is 4.62. The van der Waals surface area contributed by atoms with Crippen LogP contribution in [0.25, 0.3) is 0 Å². The van der Waals surface area contributed by atoms with E-state index < -0.39 is 0 Å². The minimum Gasteiger partial charge on any atom is -0.454 e. The van der Waals surface area contributed by atoms with Gasteiger partial charge >= 0.3 is 0 Å². The van der Waals surface area contributed by atoms with Crippen LogP contribution in [0.1, 0.15) is 30.0 Å². The van der Waals surface area contributed by atoms with Gasteiger partial charge in [0.25, 0.3) is 5.91 Å². The molecular weight excluding hydrogens is 300 g/mol. The summed E-state index contributed by atoms with van der Waals surface area (Å²) in [6, 6.07) is 5.25. The number of nitrogens with zero attached hydrogens (tertiary/aromatic N) is 1. The first-order valence-electron chi connectivity index (χ1n) is 6.88. The molecule has 0 fully saturated rings. The highest BCUT2D eigenvalue weighted by Gasteiger charge is 2.14. The Morgan fingerprint density at radius 1 is 1.45 bits per heavy atom. The zero-order valence-electron chi connectivity index (χ0n) is 12.0. The molecule has 1 atom stereocenters. The first-order valence-corrected chi connectivity index (χ1v) is 7.76. The lowest BCUT2D eigenvalue weighted by Gasteiger charge is -2.11. The van der Waals surface area contributed by atoms with Crippen LogP contribution in [-0.2, 0) is 4.79 Å². The quantitative estimate of drug-likeness (QED) is 0.884. The van der Waals surface area contributed by atoms with Crippen molar-refractivity contribution in [3.05, 3.63) is 40.3 Å². The van der Waals surface area contributed by atoms with Gasteiger partial charge in [-0.2, -0.15) is 0 Å². The smallest absolute Gasteiger partial charge is 0.296 e. The Bertz CT molecular complexity index is 732. The average Bonchev–Trinajstić information content (AvgIpc) is 3.21. The van der Waals surface area contributed by atoms with Gasteiger partial charge in [0.05, 0.1) is 6.04 Å². The lowest BCUT2D eigenvalue weighted by atomic mass is 10.2. The van der Waals surface area contributed by atoms with Crippen LogP contribution in [-0.4, -0.2) is 17.7 Å². The van der Waals surface area contributed by atoms with Gasteiger partial charge in [-0.25, -0.2) is 4.98 Å². The monoisotopic (exact) mass is 314 g/mol. The maximum absolute atomic E-state index is 12.0. The van der Waals surface area contributed by atoms with E-state index in [0.717, 1.165) is 11.4 Å². The molecule has 0 saturated carbocycles. The molecule has 1 aromatic heterocycles. The van der Waals surface area contributed by atoms with E-state index in [-0.39, 0.29) is 18.7 Å². The minimum absolute atomic E-state index is 0.0986. The number of carbonyl (C=O) groups excluding carboxylic acids is 1. The summed E-state index contributed by atoms with van der Waals surface area (Å²) in [4.78, 5) is 16.2. The first-order chi connectivity index (χ1) is 10.8. The van der Waals surface area contributed by atoms with Gasteiger partial charge in [-0.05, 0) is 24.6 Å². The number of fused-ring (bicyclic) bond motifs is 1. The summed E-state index contributed by atoms with van der Waals surface area (Å²) in [7, 11) is 0. The van der Waals surface area contributed by atoms with Crippen LogP contribution in [0.5, 0.6) is 11.5 Å². The molecule has 1 aliphatic rings. The topological polar surface area (TPSA) is 60.5 Å². The van der Waals surface area contributed by atoms with E-state index in [2.05, 4.69) is 22.1 Å². The van der Waals surface area contributed by atoms with Gasteiger partial charge in [0, 0.05) is 23.1 Å². The summed E-state index contributed by atoms with van der Waals surface area (Å²) < 4.78 is 10.5. The van der Waals surface area contributed by atoms with Crippen molar-refractivity contribution in [3.63, 3.8) is 0 Å². The van der Waals surface area contributed by atoms with Crippen molar-refractivity contribution >= 4 is 17.2 Å². The predicted molar refractivity (Wildman–Crippen MR) is 82.7 cm³/mol. The summed E-state index contributed by atoms with van der Waals surface area (Å²) in [5.41, 5.74) is 0.710. The van der Waals surface area contributed by atoms with Gasteiger partial charge < -0.3 is 14.8 Å². The van der Waals surface area contributed by atoms with Crippen LogP contribution < -0.4 is 14.8 Å². The van der Waals surface area contributed by atoms with Crippen LogP contribution >= 0.6 is 11.3 Å². The predicted octanol–water partition coefficient (Wildman–Crippen LogP) is 2.49. The Kier molecular flexibility index (Phi) is 4.26. The van der Waals surface area contributed by atoms with Crippen LogP contribution in [0, 0.1) is 11.8 Å². The minimum atomic E-state index is -0.320. The van der Waals surface area contributed by atoms with Crippen LogP contribution in [0.4, 0.5) is 0 Å². The number of aromatic nitrogens is 1. The number of nitrogens with one attached hydrogen (secondary N) is 1. The van der Waals surface area contributed by atoms with Crippen molar-refractivity contribution < 1.29 is 14.3 Å². The lowest BCUT2D eigenvalue weighted by molar-refractivity contribution is -0.116. The van der Waals surface area contributed by atoms with E-state index in [1.807, 2.05) is 12.3 Å². The first kappa shape index (κ1) is 14.4. The fraction of sp³-hybridized carbons (Fsp3) is 0.250. The van der Waals surface area contributed by atoms with Gasteiger partial charge in [-0.1, -0.05) is 12.8 Å². The van der Waals surface area contributed by atoms with Crippen molar-refractivity contribution in [2.75, 3.05) is 6.79 Å². The van der Waals surface area contributed by atoms with E-state index in [0.29, 0.717) is 17.1 Å². The van der Waals surface area contributed by atoms with Crippen molar-refractivity contribution in [2.45, 2.75) is 19.4 Å². The fourth-order valence-electron chi connectivity index (χ4n) is 2.04. The number of rotatable bonds is 3. The molecule has 2 heterocycles. The van der Waals surface area contributed by atoms with Gasteiger partial charge in [0.2, 0.25) is 6.79 Å². The lowest BCUT2D eigenvalue weighted by Crippen LogP contribution is -2.26. The molecule has 0 radical (unpaired) electrons. The number of thiazole rings is 1. The number of carbonyl (C=O) groups is 1. The Morgan fingerprint density at radius 3 is 3.09 bits per heavy atom. The second kappa shape index (κ2) is 6.50. The summed E-state index contributed by atoms with van der Waals surface area (Å²) in [6.45, 7) is 2.22. The van der Waals surface area contributed by atoms with E-state index in [9.17, 15) is 4.79 Å². The molecule has 1 N–H and O–H groups in total. The Balaban J connectivity index is 1.67. The number of hydrogen-bond donors (Lipinski definition) is 1. The molecule has 0 aliphatic carbocycles. The molecule has 0 bridgehead atoms. The third-order valence-corrected chi connectivity index (χ3v) is 4.05. The van der Waals surface area contributed by atoms with Crippen molar-refractivity contribution in [2.24, 2.45) is 0 Å². The maximum Gasteiger partial charge on any atom is 0.296 e. The molecular formula is C16H14N2O3S. The zero-order valence-corrected chi connectivity index (χ0v) is 12.8. The molecule has 6 heteroatoms. The third-order valence-electron chi connectivity index (χ3n) is 3.16. The summed E-state index contributed by atoms with van der Waals surface area (Å²) in [5.74, 6) is 6.46. The summed E-state index contributed by atoms with van der Waals surface area (Å²) in [6.07, 6.45) is 2.50. The van der Waals surface area contributed by atoms with E-state index in [1.54, 1.807) is 24.4 Å². The Hall–Kier alpha value is -2.52. The van der Waals surface area contributed by atoms with Crippen molar-refractivity contribution in [3.8, 4) is 23.3 Å². The van der Waals surface area contributed by atoms with E-state index >= 15 is 0 Å². The standard InChI is InChI=1S/C16H14N2O3S/c1-2-12(16-17-7-8-22-16)18-15(19)6-4-11-3-5-13-14(9-11)21-10-20-13/h3,5,7-9,12H,2,10H2,1H3,(H,18,19). The zero-order chi connectivity index (χ0) is 15.4. The summed E-state index contributed by atoms with van der Waals surface area (Å²) in [5, 5.41) is 5.65. The number of benzene rings is 1. The molecule has 0 saturated heterocycles. The van der Waals surface area contributed by atoms with Crippen molar-refractivity contribution in [1.82, 2.24) is 10.3 Å². The third kappa shape index (κ3) is 3.21. The van der Waals surface area contributed by atoms with Crippen molar-refractivity contribution in [1.29, 1.82) is 0 Å². The Labute approximate surface area is 132 Å². The largest absolute Gasteiger partial charge is 0.454 e. The highest BCUT2D eigenvalue weighted by atomic mass is 32.1. The molecule has 1 unspecified atom stereocenters. The molecule has 2 aromatic rings. The highest BCUT2D eigenvalue weighted by molar-refractivity contribution is 7.09. The molecule has 1 amide bonds. The molecule has 0 spiro atoms. The van der Waals surface area contributed by atoms with Crippen LogP contribution in [0.15, 0.2) is 29.8 Å². The molecule has 112 valence electrons. The fourth-order valence-corrected chi connectivity index (χ4v) is 2.82. The highest BCUT2D eigenvalue weighted by Crippen LogP contribution is 2.32. The van der Waals surface area contributed by atoms with Crippen LogP contribution in [0.2, 0.25) is 0 Å². The molecule has 1 aromatic carbocycles. The molecule has 22 heavy (non-hydrogen) atoms. The maximum atomic E-state index is 12.0. The summed E-state index contributed by atoms with van der Waals surface area (Å²) >= 11 is 1.52. The van der Waals surface area contributed by atoms with Gasteiger partial charge in [-0.15, -0.1) is 11.3 Å². The molecule has 1 aliphatic heterocycles. The molecule has 5 nitrogen and oxygen atoms in total. The van der Waals surface area contributed by atoms with Gasteiger partial charge in [0.1, 0.15) is 5.01 Å². The normalized spacial score (nSPS) is 13.1. The molecule has 3 rings (SSSR count).